The van der Waals surface area contributed by atoms with E-state index in [4.69, 9.17) is 4.42 Å². The monoisotopic (exact) mass is 584 g/mol. The van der Waals surface area contributed by atoms with E-state index < -0.39 is 5.41 Å². The molecule has 1 heterocycles. The highest BCUT2D eigenvalue weighted by Gasteiger charge is 2.46. The van der Waals surface area contributed by atoms with Crippen molar-refractivity contribution < 1.29 is 4.42 Å². The summed E-state index contributed by atoms with van der Waals surface area (Å²) in [6, 6.07) is 62.2. The van der Waals surface area contributed by atoms with Gasteiger partial charge < -0.3 is 4.42 Å². The second-order valence-corrected chi connectivity index (χ2v) is 12.4. The van der Waals surface area contributed by atoms with Crippen molar-refractivity contribution >= 4 is 43.5 Å². The lowest BCUT2D eigenvalue weighted by Crippen LogP contribution is -2.28. The summed E-state index contributed by atoms with van der Waals surface area (Å²) in [5, 5.41) is 7.24. The maximum absolute atomic E-state index is 6.40. The Hall–Kier alpha value is -5.92. The summed E-state index contributed by atoms with van der Waals surface area (Å²) < 4.78 is 6.40. The van der Waals surface area contributed by atoms with E-state index in [-0.39, 0.29) is 0 Å². The van der Waals surface area contributed by atoms with Gasteiger partial charge >= 0.3 is 0 Å². The van der Waals surface area contributed by atoms with Crippen LogP contribution < -0.4 is 0 Å². The summed E-state index contributed by atoms with van der Waals surface area (Å²) >= 11 is 0. The molecule has 0 N–H and O–H groups in total. The van der Waals surface area contributed by atoms with Crippen LogP contribution in [0, 0.1) is 0 Å². The molecule has 1 aliphatic carbocycles. The van der Waals surface area contributed by atoms with Crippen molar-refractivity contribution in [3.05, 3.63) is 192 Å². The highest BCUT2D eigenvalue weighted by atomic mass is 16.3. The average molecular weight is 585 g/mol. The van der Waals surface area contributed by atoms with Crippen LogP contribution in [0.25, 0.3) is 65.7 Å². The van der Waals surface area contributed by atoms with Gasteiger partial charge in [0.05, 0.1) is 5.41 Å². The van der Waals surface area contributed by atoms with Crippen molar-refractivity contribution in [3.8, 4) is 22.3 Å². The predicted molar refractivity (Wildman–Crippen MR) is 191 cm³/mol. The van der Waals surface area contributed by atoms with E-state index in [2.05, 4.69) is 170 Å². The fourth-order valence-corrected chi connectivity index (χ4v) is 8.17. The maximum atomic E-state index is 6.40. The van der Waals surface area contributed by atoms with Crippen molar-refractivity contribution in [1.29, 1.82) is 0 Å². The van der Waals surface area contributed by atoms with Gasteiger partial charge in [0.25, 0.3) is 0 Å². The first kappa shape index (κ1) is 25.4. The van der Waals surface area contributed by atoms with Crippen molar-refractivity contribution in [3.63, 3.8) is 0 Å². The van der Waals surface area contributed by atoms with Crippen LogP contribution in [-0.4, -0.2) is 0 Å². The van der Waals surface area contributed by atoms with Crippen LogP contribution in [0.3, 0.4) is 0 Å². The molecule has 0 atom stereocenters. The molecule has 1 aliphatic rings. The standard InChI is InChI=1S/C45H28O/c1-3-15-32(16-4-1)45(33-17-5-2-6-18-33)40-22-12-11-21-36(40)44-35-20-10-9-19-34(35)37(28-41(44)45)31-23-24-42-38(26-31)39-25-29-13-7-8-14-30(29)27-43(39)46-42/h1-28H. The zero-order valence-corrected chi connectivity index (χ0v) is 25.1. The molecule has 1 aromatic heterocycles. The van der Waals surface area contributed by atoms with Gasteiger partial charge in [-0.1, -0.05) is 140 Å². The lowest BCUT2D eigenvalue weighted by atomic mass is 9.67. The van der Waals surface area contributed by atoms with Crippen molar-refractivity contribution in [2.75, 3.05) is 0 Å². The normalized spacial score (nSPS) is 13.4. The molecule has 9 aromatic rings. The summed E-state index contributed by atoms with van der Waals surface area (Å²) in [4.78, 5) is 0. The summed E-state index contributed by atoms with van der Waals surface area (Å²) in [5.74, 6) is 0. The van der Waals surface area contributed by atoms with E-state index in [9.17, 15) is 0 Å². The molecule has 0 bridgehead atoms. The Morgan fingerprint density at radius 1 is 0.370 bits per heavy atom. The van der Waals surface area contributed by atoms with Crippen molar-refractivity contribution in [2.24, 2.45) is 0 Å². The first-order valence-electron chi connectivity index (χ1n) is 15.9. The van der Waals surface area contributed by atoms with Crippen LogP contribution in [0.5, 0.6) is 0 Å². The Bertz CT molecular complexity index is 2590. The van der Waals surface area contributed by atoms with Crippen LogP contribution in [0.15, 0.2) is 174 Å². The maximum Gasteiger partial charge on any atom is 0.136 e. The first-order valence-corrected chi connectivity index (χ1v) is 15.9. The molecule has 0 fully saturated rings. The van der Waals surface area contributed by atoms with E-state index >= 15 is 0 Å². The third kappa shape index (κ3) is 3.40. The predicted octanol–water partition coefficient (Wildman–Crippen LogP) is 11.9. The van der Waals surface area contributed by atoms with Crippen LogP contribution in [0.2, 0.25) is 0 Å². The van der Waals surface area contributed by atoms with Gasteiger partial charge in [0.1, 0.15) is 11.2 Å². The van der Waals surface area contributed by atoms with Gasteiger partial charge in [0.2, 0.25) is 0 Å². The van der Waals surface area contributed by atoms with E-state index in [0.717, 1.165) is 21.9 Å². The highest BCUT2D eigenvalue weighted by molar-refractivity contribution is 6.14. The Morgan fingerprint density at radius 3 is 1.74 bits per heavy atom. The Morgan fingerprint density at radius 2 is 0.978 bits per heavy atom. The zero-order chi connectivity index (χ0) is 30.2. The summed E-state index contributed by atoms with van der Waals surface area (Å²) in [6.07, 6.45) is 0. The first-order chi connectivity index (χ1) is 22.8. The molecule has 0 amide bonds. The smallest absolute Gasteiger partial charge is 0.136 e. The molecule has 1 heteroatoms. The van der Waals surface area contributed by atoms with E-state index in [0.29, 0.717) is 0 Å². The number of fused-ring (bicyclic) bond motifs is 9. The molecular weight excluding hydrogens is 556 g/mol. The molecule has 1 nitrogen and oxygen atoms in total. The molecule has 0 aliphatic heterocycles. The summed E-state index contributed by atoms with van der Waals surface area (Å²) in [6.45, 7) is 0. The molecule has 214 valence electrons. The Kier molecular flexibility index (Phi) is 5.27. The van der Waals surface area contributed by atoms with E-state index in [1.807, 2.05) is 0 Å². The minimum atomic E-state index is -0.460. The van der Waals surface area contributed by atoms with Gasteiger partial charge in [-0.25, -0.2) is 0 Å². The average Bonchev–Trinajstić information content (AvgIpc) is 3.63. The molecule has 0 saturated carbocycles. The number of hydrogen-bond donors (Lipinski definition) is 0. The van der Waals surface area contributed by atoms with Crippen molar-refractivity contribution in [1.82, 2.24) is 0 Å². The Balaban J connectivity index is 1.32. The van der Waals surface area contributed by atoms with E-state index in [1.165, 1.54) is 66.1 Å². The fourth-order valence-electron chi connectivity index (χ4n) is 8.17. The summed E-state index contributed by atoms with van der Waals surface area (Å²) in [7, 11) is 0. The van der Waals surface area contributed by atoms with Gasteiger partial charge in [0, 0.05) is 10.8 Å². The van der Waals surface area contributed by atoms with Gasteiger partial charge in [-0.3, -0.25) is 0 Å². The number of rotatable bonds is 3. The fraction of sp³-hybridized carbons (Fsp3) is 0.0222. The van der Waals surface area contributed by atoms with Gasteiger partial charge in [-0.2, -0.15) is 0 Å². The largest absolute Gasteiger partial charge is 0.456 e. The number of furan rings is 1. The SMILES string of the molecule is c1ccc(C2(c3ccccc3)c3ccccc3-c3c2cc(-c2ccc4oc5cc6ccccc6cc5c4c2)c2ccccc32)cc1. The third-order valence-electron chi connectivity index (χ3n) is 10.1. The molecule has 0 spiro atoms. The quantitative estimate of drug-likeness (QED) is 0.201. The van der Waals surface area contributed by atoms with Crippen LogP contribution >= 0.6 is 0 Å². The number of benzene rings is 8. The van der Waals surface area contributed by atoms with Gasteiger partial charge in [-0.05, 0) is 96.4 Å². The molecule has 10 rings (SSSR count). The lowest BCUT2D eigenvalue weighted by Gasteiger charge is -2.34. The third-order valence-corrected chi connectivity index (χ3v) is 10.1. The van der Waals surface area contributed by atoms with Crippen LogP contribution in [0.1, 0.15) is 22.3 Å². The van der Waals surface area contributed by atoms with Gasteiger partial charge in [-0.15, -0.1) is 0 Å². The van der Waals surface area contributed by atoms with E-state index in [1.54, 1.807) is 0 Å². The minimum absolute atomic E-state index is 0.460. The van der Waals surface area contributed by atoms with Gasteiger partial charge in [0.15, 0.2) is 0 Å². The topological polar surface area (TPSA) is 13.1 Å². The second-order valence-electron chi connectivity index (χ2n) is 12.4. The molecular formula is C45H28O. The zero-order valence-electron chi connectivity index (χ0n) is 25.1. The molecule has 0 saturated heterocycles. The number of hydrogen-bond acceptors (Lipinski definition) is 1. The Labute approximate surface area is 267 Å². The molecule has 0 unspecified atom stereocenters. The minimum Gasteiger partial charge on any atom is -0.456 e. The molecule has 0 radical (unpaired) electrons. The van der Waals surface area contributed by atoms with Crippen LogP contribution in [-0.2, 0) is 5.41 Å². The van der Waals surface area contributed by atoms with Crippen LogP contribution in [0.4, 0.5) is 0 Å². The molecule has 8 aromatic carbocycles. The second kappa shape index (κ2) is 9.54. The summed E-state index contributed by atoms with van der Waals surface area (Å²) in [5.41, 5.74) is 11.6. The highest BCUT2D eigenvalue weighted by Crippen LogP contribution is 2.59. The lowest BCUT2D eigenvalue weighted by molar-refractivity contribution is 0.669. The van der Waals surface area contributed by atoms with Crippen molar-refractivity contribution in [2.45, 2.75) is 5.41 Å². The molecule has 46 heavy (non-hydrogen) atoms.